The maximum atomic E-state index is 5.64. The van der Waals surface area contributed by atoms with E-state index >= 15 is 0 Å². The number of likely N-dealkylation sites (tertiary alicyclic amines) is 1. The van der Waals surface area contributed by atoms with E-state index in [1.54, 1.807) is 19.4 Å². The minimum Gasteiger partial charge on any atom is -0.491 e. The average molecular weight is 380 g/mol. The number of rotatable bonds is 8. The summed E-state index contributed by atoms with van der Waals surface area (Å²) in [4.78, 5) is 11.4. The molecule has 1 fully saturated rings. The Kier molecular flexibility index (Phi) is 5.94. The molecular formula is C21H24N4O3. The smallest absolute Gasteiger partial charge is 0.244 e. The molecule has 1 aliphatic heterocycles. The number of hydrogen-bond acceptors (Lipinski definition) is 7. The molecule has 28 heavy (non-hydrogen) atoms. The molecule has 3 aromatic rings. The minimum absolute atomic E-state index is 0.141. The second-order valence-electron chi connectivity index (χ2n) is 6.79. The van der Waals surface area contributed by atoms with Crippen molar-refractivity contribution in [1.29, 1.82) is 0 Å². The molecule has 146 valence electrons. The predicted octanol–water partition coefficient (Wildman–Crippen LogP) is 3.49. The first-order valence-electron chi connectivity index (χ1n) is 9.53. The van der Waals surface area contributed by atoms with E-state index < -0.39 is 0 Å². The topological polar surface area (TPSA) is 73.5 Å². The van der Waals surface area contributed by atoms with Gasteiger partial charge in [0.15, 0.2) is 0 Å². The summed E-state index contributed by atoms with van der Waals surface area (Å²) in [6, 6.07) is 14.2. The van der Waals surface area contributed by atoms with Crippen LogP contribution in [0.2, 0.25) is 0 Å². The molecule has 0 aliphatic carbocycles. The predicted molar refractivity (Wildman–Crippen MR) is 104 cm³/mol. The molecule has 0 bridgehead atoms. The summed E-state index contributed by atoms with van der Waals surface area (Å²) in [5.74, 6) is 1.84. The number of aromatic nitrogens is 3. The molecule has 1 aliphatic rings. The van der Waals surface area contributed by atoms with Gasteiger partial charge in [-0.2, -0.15) is 4.98 Å². The molecule has 1 saturated heterocycles. The van der Waals surface area contributed by atoms with Crippen molar-refractivity contribution >= 4 is 0 Å². The SMILES string of the molecule is COCCOc1ccnc(-c2noc(C3CCCN3Cc3ccccc3)n2)c1. The van der Waals surface area contributed by atoms with Gasteiger partial charge in [-0.25, -0.2) is 0 Å². The van der Waals surface area contributed by atoms with Crippen LogP contribution in [0.4, 0.5) is 0 Å². The zero-order valence-corrected chi connectivity index (χ0v) is 16.0. The molecule has 4 rings (SSSR count). The zero-order valence-electron chi connectivity index (χ0n) is 16.0. The zero-order chi connectivity index (χ0) is 19.2. The molecule has 3 heterocycles. The number of ether oxygens (including phenoxy) is 2. The van der Waals surface area contributed by atoms with Gasteiger partial charge < -0.3 is 14.0 Å². The van der Waals surface area contributed by atoms with Crippen LogP contribution in [0.25, 0.3) is 11.5 Å². The van der Waals surface area contributed by atoms with Gasteiger partial charge in [-0.1, -0.05) is 35.5 Å². The lowest BCUT2D eigenvalue weighted by atomic mass is 10.2. The summed E-state index contributed by atoms with van der Waals surface area (Å²) in [7, 11) is 1.65. The van der Waals surface area contributed by atoms with Crippen molar-refractivity contribution in [2.24, 2.45) is 0 Å². The average Bonchev–Trinajstić information content (AvgIpc) is 3.39. The standard InChI is InChI=1S/C21H24N4O3/c1-26-12-13-27-17-9-10-22-18(14-17)20-23-21(28-24-20)19-8-5-11-25(19)15-16-6-3-2-4-7-16/h2-4,6-7,9-10,14,19H,5,8,11-13,15H2,1H3. The third-order valence-electron chi connectivity index (χ3n) is 4.84. The largest absolute Gasteiger partial charge is 0.491 e. The monoisotopic (exact) mass is 380 g/mol. The third-order valence-corrected chi connectivity index (χ3v) is 4.84. The van der Waals surface area contributed by atoms with Crippen molar-refractivity contribution in [2.75, 3.05) is 26.9 Å². The molecule has 7 heteroatoms. The molecule has 1 aromatic carbocycles. The van der Waals surface area contributed by atoms with Crippen LogP contribution in [-0.2, 0) is 11.3 Å². The third kappa shape index (κ3) is 4.37. The Labute approximate surface area is 164 Å². The van der Waals surface area contributed by atoms with Gasteiger partial charge in [0.25, 0.3) is 0 Å². The van der Waals surface area contributed by atoms with Crippen LogP contribution in [0.15, 0.2) is 53.2 Å². The Bertz CT molecular complexity index is 884. The van der Waals surface area contributed by atoms with Crippen LogP contribution in [0.5, 0.6) is 5.75 Å². The highest BCUT2D eigenvalue weighted by molar-refractivity contribution is 5.50. The molecule has 0 N–H and O–H groups in total. The van der Waals surface area contributed by atoms with Gasteiger partial charge in [0.1, 0.15) is 18.1 Å². The van der Waals surface area contributed by atoms with Crippen LogP contribution < -0.4 is 4.74 Å². The molecule has 0 radical (unpaired) electrons. The molecule has 1 unspecified atom stereocenters. The van der Waals surface area contributed by atoms with Gasteiger partial charge in [-0.15, -0.1) is 0 Å². The van der Waals surface area contributed by atoms with Crippen LogP contribution in [0.1, 0.15) is 30.3 Å². The van der Waals surface area contributed by atoms with E-state index in [4.69, 9.17) is 14.0 Å². The van der Waals surface area contributed by atoms with Gasteiger partial charge in [0, 0.05) is 25.9 Å². The molecular weight excluding hydrogens is 356 g/mol. The van der Waals surface area contributed by atoms with E-state index in [1.807, 2.05) is 12.1 Å². The van der Waals surface area contributed by atoms with Gasteiger partial charge in [-0.3, -0.25) is 9.88 Å². The van der Waals surface area contributed by atoms with E-state index in [1.165, 1.54) is 5.56 Å². The highest BCUT2D eigenvalue weighted by atomic mass is 16.5. The normalized spacial score (nSPS) is 17.1. The van der Waals surface area contributed by atoms with Crippen LogP contribution >= 0.6 is 0 Å². The summed E-state index contributed by atoms with van der Waals surface area (Å²) in [5, 5.41) is 4.15. The van der Waals surface area contributed by atoms with Gasteiger partial charge in [-0.05, 0) is 31.0 Å². The first-order valence-corrected chi connectivity index (χ1v) is 9.53. The van der Waals surface area contributed by atoms with E-state index in [2.05, 4.69) is 44.3 Å². The molecule has 0 saturated carbocycles. The van der Waals surface area contributed by atoms with E-state index in [9.17, 15) is 0 Å². The quantitative estimate of drug-likeness (QED) is 0.554. The van der Waals surface area contributed by atoms with Crippen molar-refractivity contribution in [1.82, 2.24) is 20.0 Å². The fourth-order valence-electron chi connectivity index (χ4n) is 3.45. The van der Waals surface area contributed by atoms with Crippen molar-refractivity contribution in [3.05, 3.63) is 60.1 Å². The fraction of sp³-hybridized carbons (Fsp3) is 0.381. The van der Waals surface area contributed by atoms with Crippen molar-refractivity contribution < 1.29 is 14.0 Å². The van der Waals surface area contributed by atoms with Gasteiger partial charge in [0.05, 0.1) is 12.6 Å². The summed E-state index contributed by atoms with van der Waals surface area (Å²) in [5.41, 5.74) is 1.93. The molecule has 0 spiro atoms. The van der Waals surface area contributed by atoms with E-state index in [0.717, 1.165) is 25.9 Å². The Hall–Kier alpha value is -2.77. The highest BCUT2D eigenvalue weighted by Crippen LogP contribution is 2.33. The van der Waals surface area contributed by atoms with Gasteiger partial charge in [0.2, 0.25) is 11.7 Å². The Balaban J connectivity index is 1.47. The van der Waals surface area contributed by atoms with Crippen molar-refractivity contribution in [3.63, 3.8) is 0 Å². The maximum Gasteiger partial charge on any atom is 0.244 e. The van der Waals surface area contributed by atoms with Crippen LogP contribution in [0, 0.1) is 0 Å². The summed E-state index contributed by atoms with van der Waals surface area (Å²) in [6.07, 6.45) is 3.82. The maximum absolute atomic E-state index is 5.64. The van der Waals surface area contributed by atoms with E-state index in [0.29, 0.717) is 36.4 Å². The number of pyridine rings is 1. The van der Waals surface area contributed by atoms with Gasteiger partial charge >= 0.3 is 0 Å². The Morgan fingerprint density at radius 1 is 1.18 bits per heavy atom. The van der Waals surface area contributed by atoms with Crippen LogP contribution in [0.3, 0.4) is 0 Å². The lowest BCUT2D eigenvalue weighted by Gasteiger charge is -2.21. The number of benzene rings is 1. The fourth-order valence-corrected chi connectivity index (χ4v) is 3.45. The molecule has 2 aromatic heterocycles. The van der Waals surface area contributed by atoms with Crippen molar-refractivity contribution in [2.45, 2.75) is 25.4 Å². The molecule has 7 nitrogen and oxygen atoms in total. The second kappa shape index (κ2) is 8.95. The summed E-state index contributed by atoms with van der Waals surface area (Å²) >= 11 is 0. The number of methoxy groups -OCH3 is 1. The first kappa shape index (κ1) is 18.6. The van der Waals surface area contributed by atoms with E-state index in [-0.39, 0.29) is 6.04 Å². The highest BCUT2D eigenvalue weighted by Gasteiger charge is 2.31. The lowest BCUT2D eigenvalue weighted by Crippen LogP contribution is -2.22. The Morgan fingerprint density at radius 3 is 2.93 bits per heavy atom. The minimum atomic E-state index is 0.141. The van der Waals surface area contributed by atoms with Crippen molar-refractivity contribution in [3.8, 4) is 17.3 Å². The lowest BCUT2D eigenvalue weighted by molar-refractivity contribution is 0.146. The molecule has 0 amide bonds. The second-order valence-corrected chi connectivity index (χ2v) is 6.79. The molecule has 1 atom stereocenters. The summed E-state index contributed by atoms with van der Waals surface area (Å²) in [6.45, 7) is 2.92. The number of nitrogens with zero attached hydrogens (tertiary/aromatic N) is 4. The summed E-state index contributed by atoms with van der Waals surface area (Å²) < 4.78 is 16.3. The first-order chi connectivity index (χ1) is 13.8. The number of hydrogen-bond donors (Lipinski definition) is 0. The Morgan fingerprint density at radius 2 is 2.07 bits per heavy atom. The van der Waals surface area contributed by atoms with Crippen LogP contribution in [-0.4, -0.2) is 46.9 Å².